The number of anilines is 2. The Morgan fingerprint density at radius 2 is 2.00 bits per heavy atom. The summed E-state index contributed by atoms with van der Waals surface area (Å²) in [7, 11) is 0. The standard InChI is InChI=1S/C14H16N6/c1-14(2,11-5-3-4-6-16-11)8-17-12-7-13(18-9-15)20-10-19-12/h3-7,10H,8H2,1-2H3,(H2,17,18,19,20). The van der Waals surface area contributed by atoms with Crippen molar-refractivity contribution >= 4 is 11.6 Å². The number of nitrogens with zero attached hydrogens (tertiary/aromatic N) is 4. The van der Waals surface area contributed by atoms with Crippen LogP contribution in [0.25, 0.3) is 0 Å². The lowest BCUT2D eigenvalue weighted by Crippen LogP contribution is -2.28. The molecule has 2 N–H and O–H groups in total. The first-order valence-corrected chi connectivity index (χ1v) is 6.24. The fraction of sp³-hybridized carbons (Fsp3) is 0.286. The van der Waals surface area contributed by atoms with Gasteiger partial charge in [0, 0.05) is 29.9 Å². The summed E-state index contributed by atoms with van der Waals surface area (Å²) in [6, 6.07) is 7.57. The molecule has 0 spiro atoms. The van der Waals surface area contributed by atoms with Crippen molar-refractivity contribution in [3.63, 3.8) is 0 Å². The molecule has 0 aliphatic heterocycles. The minimum atomic E-state index is -0.130. The van der Waals surface area contributed by atoms with Crippen molar-refractivity contribution in [1.82, 2.24) is 15.0 Å². The zero-order valence-electron chi connectivity index (χ0n) is 11.5. The van der Waals surface area contributed by atoms with Crippen molar-refractivity contribution in [2.75, 3.05) is 17.2 Å². The summed E-state index contributed by atoms with van der Waals surface area (Å²) in [4.78, 5) is 12.4. The van der Waals surface area contributed by atoms with Crippen LogP contribution in [0.1, 0.15) is 19.5 Å². The molecule has 0 unspecified atom stereocenters. The molecular formula is C14H16N6. The lowest BCUT2D eigenvalue weighted by molar-refractivity contribution is 0.537. The molecular weight excluding hydrogens is 252 g/mol. The van der Waals surface area contributed by atoms with Crippen molar-refractivity contribution in [1.29, 1.82) is 5.26 Å². The summed E-state index contributed by atoms with van der Waals surface area (Å²) >= 11 is 0. The SMILES string of the molecule is CC(C)(CNc1cc(NC#N)ncn1)c1ccccn1. The summed E-state index contributed by atoms with van der Waals surface area (Å²) in [6.07, 6.45) is 5.03. The van der Waals surface area contributed by atoms with E-state index in [4.69, 9.17) is 5.26 Å². The summed E-state index contributed by atoms with van der Waals surface area (Å²) < 4.78 is 0. The van der Waals surface area contributed by atoms with E-state index in [1.807, 2.05) is 24.4 Å². The van der Waals surface area contributed by atoms with E-state index in [2.05, 4.69) is 39.4 Å². The van der Waals surface area contributed by atoms with Gasteiger partial charge in [0.25, 0.3) is 0 Å². The zero-order valence-corrected chi connectivity index (χ0v) is 11.5. The highest BCUT2D eigenvalue weighted by molar-refractivity contribution is 5.48. The highest BCUT2D eigenvalue weighted by atomic mass is 15.1. The summed E-state index contributed by atoms with van der Waals surface area (Å²) in [5, 5.41) is 14.3. The van der Waals surface area contributed by atoms with E-state index in [1.54, 1.807) is 12.3 Å². The van der Waals surface area contributed by atoms with Gasteiger partial charge in [-0.1, -0.05) is 19.9 Å². The van der Waals surface area contributed by atoms with Gasteiger partial charge >= 0.3 is 0 Å². The average molecular weight is 268 g/mol. The van der Waals surface area contributed by atoms with Gasteiger partial charge in [0.15, 0.2) is 6.19 Å². The van der Waals surface area contributed by atoms with Gasteiger partial charge in [-0.05, 0) is 12.1 Å². The second-order valence-corrected chi connectivity index (χ2v) is 4.98. The van der Waals surface area contributed by atoms with E-state index in [0.29, 0.717) is 18.2 Å². The zero-order chi connectivity index (χ0) is 14.4. The number of nitrogens with one attached hydrogen (secondary N) is 2. The lowest BCUT2D eigenvalue weighted by atomic mass is 9.89. The molecule has 0 saturated carbocycles. The lowest BCUT2D eigenvalue weighted by Gasteiger charge is -2.24. The molecule has 0 aromatic carbocycles. The van der Waals surface area contributed by atoms with Gasteiger partial charge in [-0.3, -0.25) is 10.3 Å². The second-order valence-electron chi connectivity index (χ2n) is 4.98. The predicted octanol–water partition coefficient (Wildman–Crippen LogP) is 2.15. The highest BCUT2D eigenvalue weighted by Gasteiger charge is 2.21. The maximum atomic E-state index is 8.57. The maximum Gasteiger partial charge on any atom is 0.182 e. The Labute approximate surface area is 117 Å². The second kappa shape index (κ2) is 5.97. The summed E-state index contributed by atoms with van der Waals surface area (Å²) in [6.45, 7) is 4.89. The monoisotopic (exact) mass is 268 g/mol. The van der Waals surface area contributed by atoms with Crippen LogP contribution in [0.4, 0.5) is 11.6 Å². The number of nitriles is 1. The Bertz CT molecular complexity index is 603. The smallest absolute Gasteiger partial charge is 0.182 e. The molecule has 102 valence electrons. The number of rotatable bonds is 5. The van der Waals surface area contributed by atoms with Gasteiger partial charge in [-0.2, -0.15) is 5.26 Å². The normalized spacial score (nSPS) is 10.7. The number of pyridine rings is 1. The molecule has 0 radical (unpaired) electrons. The molecule has 2 aromatic heterocycles. The van der Waals surface area contributed by atoms with Crippen LogP contribution in [-0.4, -0.2) is 21.5 Å². The van der Waals surface area contributed by atoms with Crippen molar-refractivity contribution in [3.8, 4) is 6.19 Å². The Balaban J connectivity index is 2.05. The Hall–Kier alpha value is -2.68. The van der Waals surface area contributed by atoms with Gasteiger partial charge in [-0.15, -0.1) is 0 Å². The highest BCUT2D eigenvalue weighted by Crippen LogP contribution is 2.21. The van der Waals surface area contributed by atoms with Crippen molar-refractivity contribution < 1.29 is 0 Å². The molecule has 0 amide bonds. The van der Waals surface area contributed by atoms with Crippen LogP contribution >= 0.6 is 0 Å². The summed E-state index contributed by atoms with van der Waals surface area (Å²) in [5.74, 6) is 1.14. The molecule has 6 nitrogen and oxygen atoms in total. The van der Waals surface area contributed by atoms with Gasteiger partial charge in [-0.25, -0.2) is 9.97 Å². The van der Waals surface area contributed by atoms with Crippen LogP contribution in [0.3, 0.4) is 0 Å². The van der Waals surface area contributed by atoms with Crippen molar-refractivity contribution in [2.24, 2.45) is 0 Å². The number of hydrogen-bond donors (Lipinski definition) is 2. The van der Waals surface area contributed by atoms with Crippen LogP contribution < -0.4 is 10.6 Å². The van der Waals surface area contributed by atoms with Crippen molar-refractivity contribution in [3.05, 3.63) is 42.5 Å². The topological polar surface area (TPSA) is 86.5 Å². The van der Waals surface area contributed by atoms with Crippen LogP contribution in [0.5, 0.6) is 0 Å². The average Bonchev–Trinajstić information content (AvgIpc) is 2.47. The quantitative estimate of drug-likeness (QED) is 0.638. The fourth-order valence-corrected chi connectivity index (χ4v) is 1.74. The molecule has 2 rings (SSSR count). The van der Waals surface area contributed by atoms with Crippen molar-refractivity contribution in [2.45, 2.75) is 19.3 Å². The molecule has 0 aliphatic carbocycles. The van der Waals surface area contributed by atoms with Crippen LogP contribution in [0, 0.1) is 11.5 Å². The minimum Gasteiger partial charge on any atom is -0.369 e. The predicted molar refractivity (Wildman–Crippen MR) is 77.0 cm³/mol. The molecule has 0 bridgehead atoms. The summed E-state index contributed by atoms with van der Waals surface area (Å²) in [5.41, 5.74) is 0.881. The number of hydrogen-bond acceptors (Lipinski definition) is 6. The van der Waals surface area contributed by atoms with E-state index in [1.165, 1.54) is 6.33 Å². The van der Waals surface area contributed by atoms with Gasteiger partial charge in [0.2, 0.25) is 0 Å². The molecule has 2 heterocycles. The molecule has 2 aromatic rings. The Kier molecular flexibility index (Phi) is 4.11. The van der Waals surface area contributed by atoms with E-state index < -0.39 is 0 Å². The maximum absolute atomic E-state index is 8.57. The minimum absolute atomic E-state index is 0.130. The first-order chi connectivity index (χ1) is 9.62. The van der Waals surface area contributed by atoms with E-state index in [9.17, 15) is 0 Å². The molecule has 0 fully saturated rings. The Morgan fingerprint density at radius 1 is 1.20 bits per heavy atom. The third-order valence-electron chi connectivity index (χ3n) is 2.92. The molecule has 6 heteroatoms. The third-order valence-corrected chi connectivity index (χ3v) is 2.92. The van der Waals surface area contributed by atoms with E-state index in [0.717, 1.165) is 5.69 Å². The van der Waals surface area contributed by atoms with Crippen LogP contribution in [0.2, 0.25) is 0 Å². The molecule has 20 heavy (non-hydrogen) atoms. The van der Waals surface area contributed by atoms with Gasteiger partial charge in [0.05, 0.1) is 0 Å². The van der Waals surface area contributed by atoms with Crippen LogP contribution in [0.15, 0.2) is 36.8 Å². The van der Waals surface area contributed by atoms with Gasteiger partial charge in [0.1, 0.15) is 18.0 Å². The third kappa shape index (κ3) is 3.42. The first-order valence-electron chi connectivity index (χ1n) is 6.24. The van der Waals surface area contributed by atoms with Gasteiger partial charge < -0.3 is 5.32 Å². The number of aromatic nitrogens is 3. The molecule has 0 saturated heterocycles. The van der Waals surface area contributed by atoms with E-state index >= 15 is 0 Å². The molecule has 0 aliphatic rings. The van der Waals surface area contributed by atoms with E-state index in [-0.39, 0.29) is 5.41 Å². The largest absolute Gasteiger partial charge is 0.369 e. The first kappa shape index (κ1) is 13.7. The Morgan fingerprint density at radius 3 is 2.70 bits per heavy atom. The van der Waals surface area contributed by atoms with Crippen LogP contribution in [-0.2, 0) is 5.41 Å². The fourth-order valence-electron chi connectivity index (χ4n) is 1.74. The molecule has 0 atom stereocenters.